The van der Waals surface area contributed by atoms with Crippen molar-refractivity contribution in [2.45, 2.75) is 64.7 Å². The summed E-state index contributed by atoms with van der Waals surface area (Å²) in [7, 11) is 1.78. The zero-order valence-electron chi connectivity index (χ0n) is 27.2. The first-order chi connectivity index (χ1) is 22.2. The lowest BCUT2D eigenvalue weighted by Gasteiger charge is -2.36. The van der Waals surface area contributed by atoms with E-state index in [1.165, 1.54) is 0 Å². The second kappa shape index (κ2) is 16.9. The van der Waals surface area contributed by atoms with Crippen molar-refractivity contribution in [2.24, 2.45) is 5.92 Å². The van der Waals surface area contributed by atoms with Gasteiger partial charge in [0.25, 0.3) is 11.8 Å². The van der Waals surface area contributed by atoms with Crippen LogP contribution in [0.2, 0.25) is 0 Å². The van der Waals surface area contributed by atoms with Gasteiger partial charge in [0.1, 0.15) is 5.75 Å². The van der Waals surface area contributed by atoms with Gasteiger partial charge >= 0.3 is 0 Å². The van der Waals surface area contributed by atoms with E-state index in [4.69, 9.17) is 9.47 Å². The third-order valence-corrected chi connectivity index (χ3v) is 8.33. The highest BCUT2D eigenvalue weighted by molar-refractivity contribution is 6.05. The molecule has 1 aromatic heterocycles. The van der Waals surface area contributed by atoms with Crippen LogP contribution in [0.3, 0.4) is 0 Å². The molecule has 0 spiro atoms. The Bertz CT molecular complexity index is 1440. The molecule has 0 saturated carbocycles. The van der Waals surface area contributed by atoms with E-state index in [2.05, 4.69) is 10.3 Å². The molecule has 2 N–H and O–H groups in total. The summed E-state index contributed by atoms with van der Waals surface area (Å²) in [5.74, 6) is -0.437. The van der Waals surface area contributed by atoms with E-state index in [0.29, 0.717) is 36.6 Å². The highest BCUT2D eigenvalue weighted by Gasteiger charge is 2.31. The van der Waals surface area contributed by atoms with Crippen molar-refractivity contribution < 1.29 is 29.0 Å². The normalized spacial score (nSPS) is 20.1. The summed E-state index contributed by atoms with van der Waals surface area (Å²) < 4.78 is 12.7. The minimum atomic E-state index is -0.513. The van der Waals surface area contributed by atoms with E-state index in [0.717, 1.165) is 24.8 Å². The third-order valence-electron chi connectivity index (χ3n) is 8.33. The quantitative estimate of drug-likeness (QED) is 0.366. The van der Waals surface area contributed by atoms with E-state index < -0.39 is 6.04 Å². The van der Waals surface area contributed by atoms with Gasteiger partial charge in [-0.15, -0.1) is 0 Å². The monoisotopic (exact) mass is 630 g/mol. The lowest BCUT2D eigenvalue weighted by molar-refractivity contribution is -0.131. The molecular formula is C36H46N4O6. The molecule has 0 radical (unpaired) electrons. The number of nitrogens with zero attached hydrogens (tertiary/aromatic N) is 3. The number of rotatable bonds is 8. The molecule has 246 valence electrons. The fourth-order valence-electron chi connectivity index (χ4n) is 5.45. The molecule has 4 rings (SSSR count). The van der Waals surface area contributed by atoms with Gasteiger partial charge in [0.05, 0.1) is 36.8 Å². The van der Waals surface area contributed by atoms with Crippen LogP contribution in [0.1, 0.15) is 66.3 Å². The maximum Gasteiger partial charge on any atom is 0.258 e. The molecule has 0 saturated heterocycles. The van der Waals surface area contributed by atoms with Gasteiger partial charge in [-0.25, -0.2) is 0 Å². The van der Waals surface area contributed by atoms with E-state index in [9.17, 15) is 19.5 Å². The Morgan fingerprint density at radius 3 is 2.54 bits per heavy atom. The van der Waals surface area contributed by atoms with Crippen LogP contribution in [0.25, 0.3) is 0 Å². The molecule has 10 heteroatoms. The average molecular weight is 631 g/mol. The van der Waals surface area contributed by atoms with Crippen molar-refractivity contribution in [3.8, 4) is 5.75 Å². The second-order valence-corrected chi connectivity index (χ2v) is 12.1. The van der Waals surface area contributed by atoms with Crippen LogP contribution in [0.4, 0.5) is 5.69 Å². The number of anilines is 1. The highest BCUT2D eigenvalue weighted by atomic mass is 16.5. The summed E-state index contributed by atoms with van der Waals surface area (Å²) in [4.78, 5) is 47.6. The first kappa shape index (κ1) is 34.6. The van der Waals surface area contributed by atoms with Gasteiger partial charge < -0.3 is 29.7 Å². The van der Waals surface area contributed by atoms with Crippen molar-refractivity contribution >= 4 is 23.4 Å². The molecule has 3 amide bonds. The Morgan fingerprint density at radius 1 is 1.09 bits per heavy atom. The number of aliphatic hydroxyl groups excluding tert-OH is 1. The molecule has 2 aromatic carbocycles. The number of fused-ring (bicyclic) bond motifs is 1. The van der Waals surface area contributed by atoms with Crippen LogP contribution in [-0.4, -0.2) is 89.2 Å². The van der Waals surface area contributed by atoms with Crippen molar-refractivity contribution in [1.29, 1.82) is 0 Å². The van der Waals surface area contributed by atoms with Gasteiger partial charge in [-0.05, 0) is 69.0 Å². The molecule has 2 heterocycles. The van der Waals surface area contributed by atoms with Crippen molar-refractivity contribution in [3.63, 3.8) is 0 Å². The minimum absolute atomic E-state index is 0.0145. The SMILES string of the molecule is C[C@@H]1CN([C@@H](C)CO)C(=O)c2cc(NC(=O)c3ccncc3)ccc2O[C@@H](C)CCCCO[C@H]1CN(C)C(=O)Cc1ccccc1. The number of carbonyl (C=O) groups is 3. The Kier molecular flexibility index (Phi) is 12.7. The molecule has 0 bridgehead atoms. The van der Waals surface area contributed by atoms with Gasteiger partial charge in [-0.3, -0.25) is 19.4 Å². The van der Waals surface area contributed by atoms with Crippen molar-refractivity contribution in [3.05, 3.63) is 89.7 Å². The smallest absolute Gasteiger partial charge is 0.258 e. The number of pyridine rings is 1. The van der Waals surface area contributed by atoms with Crippen LogP contribution in [0.5, 0.6) is 5.75 Å². The zero-order valence-corrected chi connectivity index (χ0v) is 27.2. The number of ether oxygens (including phenoxy) is 2. The summed E-state index contributed by atoms with van der Waals surface area (Å²) in [6.45, 7) is 6.66. The van der Waals surface area contributed by atoms with E-state index >= 15 is 0 Å². The fourth-order valence-corrected chi connectivity index (χ4v) is 5.45. The molecule has 0 aliphatic carbocycles. The number of hydrogen-bond donors (Lipinski definition) is 2. The van der Waals surface area contributed by atoms with Gasteiger partial charge in [-0.1, -0.05) is 37.3 Å². The molecule has 3 aromatic rings. The lowest BCUT2D eigenvalue weighted by Crippen LogP contribution is -2.48. The summed E-state index contributed by atoms with van der Waals surface area (Å²) in [6, 6.07) is 17.4. The number of hydrogen-bond acceptors (Lipinski definition) is 7. The van der Waals surface area contributed by atoms with Gasteiger partial charge in [0.15, 0.2) is 0 Å². The molecule has 46 heavy (non-hydrogen) atoms. The summed E-state index contributed by atoms with van der Waals surface area (Å²) in [6.07, 6.45) is 5.30. The highest BCUT2D eigenvalue weighted by Crippen LogP contribution is 2.29. The maximum absolute atomic E-state index is 14.3. The van der Waals surface area contributed by atoms with E-state index in [1.807, 2.05) is 44.2 Å². The van der Waals surface area contributed by atoms with Crippen molar-refractivity contribution in [1.82, 2.24) is 14.8 Å². The number of amides is 3. The van der Waals surface area contributed by atoms with Crippen LogP contribution < -0.4 is 10.1 Å². The summed E-state index contributed by atoms with van der Waals surface area (Å²) in [5.41, 5.74) is 2.11. The molecule has 0 fully saturated rings. The predicted molar refractivity (Wildman–Crippen MR) is 177 cm³/mol. The topological polar surface area (TPSA) is 121 Å². The predicted octanol–water partition coefficient (Wildman–Crippen LogP) is 4.83. The zero-order chi connectivity index (χ0) is 33.1. The van der Waals surface area contributed by atoms with Crippen LogP contribution >= 0.6 is 0 Å². The average Bonchev–Trinajstić information content (AvgIpc) is 3.06. The standard InChI is InChI=1S/C36H46N4O6/c1-25-22-40(26(2)24-41)36(44)31-21-30(38-35(43)29-15-17-37-18-16-29)13-14-32(31)46-27(3)10-8-9-19-45-33(25)23-39(4)34(42)20-28-11-6-5-7-12-28/h5-7,11-18,21,25-27,33,41H,8-10,19-20,22-24H2,1-4H3,(H,38,43)/t25-,26+,27+,33+/m1/s1. The largest absolute Gasteiger partial charge is 0.490 e. The van der Waals surface area contributed by atoms with E-state index in [1.54, 1.807) is 66.5 Å². The van der Waals surface area contributed by atoms with Crippen molar-refractivity contribution in [2.75, 3.05) is 38.7 Å². The van der Waals surface area contributed by atoms with Gasteiger partial charge in [0, 0.05) is 56.3 Å². The van der Waals surface area contributed by atoms with Crippen LogP contribution in [0, 0.1) is 5.92 Å². The third kappa shape index (κ3) is 9.61. The van der Waals surface area contributed by atoms with Crippen LogP contribution in [-0.2, 0) is 16.0 Å². The Labute approximate surface area is 271 Å². The first-order valence-electron chi connectivity index (χ1n) is 16.0. The molecule has 4 atom stereocenters. The minimum Gasteiger partial charge on any atom is -0.490 e. The molecule has 0 unspecified atom stereocenters. The first-order valence-corrected chi connectivity index (χ1v) is 16.0. The van der Waals surface area contributed by atoms with Gasteiger partial charge in [0.2, 0.25) is 5.91 Å². The number of nitrogens with one attached hydrogen (secondary N) is 1. The summed E-state index contributed by atoms with van der Waals surface area (Å²) in [5, 5.41) is 13.1. The number of carbonyl (C=O) groups excluding carboxylic acids is 3. The number of benzene rings is 2. The van der Waals surface area contributed by atoms with Gasteiger partial charge in [-0.2, -0.15) is 0 Å². The number of aromatic nitrogens is 1. The van der Waals surface area contributed by atoms with Crippen LogP contribution in [0.15, 0.2) is 73.1 Å². The number of aliphatic hydroxyl groups is 1. The molecular weight excluding hydrogens is 584 g/mol. The second-order valence-electron chi connectivity index (χ2n) is 12.1. The number of likely N-dealkylation sites (N-methyl/N-ethyl adjacent to an activating group) is 1. The maximum atomic E-state index is 14.3. The molecule has 1 aliphatic heterocycles. The Balaban J connectivity index is 1.60. The van der Waals surface area contributed by atoms with E-state index in [-0.39, 0.29) is 54.6 Å². The lowest BCUT2D eigenvalue weighted by atomic mass is 10.0. The molecule has 10 nitrogen and oxygen atoms in total. The summed E-state index contributed by atoms with van der Waals surface area (Å²) >= 11 is 0. The molecule has 1 aliphatic rings. The Morgan fingerprint density at radius 2 is 1.83 bits per heavy atom. The fraction of sp³-hybridized carbons (Fsp3) is 0.444. The Hall–Kier alpha value is -4.28.